The van der Waals surface area contributed by atoms with Crippen molar-refractivity contribution in [3.63, 3.8) is 0 Å². The lowest BCUT2D eigenvalue weighted by Gasteiger charge is -2.10. The Morgan fingerprint density at radius 1 is 1.11 bits per heavy atom. The number of amides is 1. The molecule has 1 amide bonds. The standard InChI is InChI=1S/C20H18N4OS2/c1-3-13-8-4-5-9-14(13)21-18(25)17-12(2)24-27-19(17)23-20-22-15-10-6-7-11-16(15)26-20/h4-11H,3H2,1-2H3,(H,21,25)(H,22,23). The Morgan fingerprint density at radius 2 is 1.89 bits per heavy atom. The predicted molar refractivity (Wildman–Crippen MR) is 114 cm³/mol. The first kappa shape index (κ1) is 17.6. The number of hydrogen-bond donors (Lipinski definition) is 2. The number of fused-ring (bicyclic) bond motifs is 1. The molecule has 0 spiro atoms. The Morgan fingerprint density at radius 3 is 2.70 bits per heavy atom. The van der Waals surface area contributed by atoms with Crippen LogP contribution in [0, 0.1) is 6.92 Å². The van der Waals surface area contributed by atoms with E-state index in [2.05, 4.69) is 26.9 Å². The fraction of sp³-hybridized carbons (Fsp3) is 0.150. The summed E-state index contributed by atoms with van der Waals surface area (Å²) in [6, 6.07) is 15.8. The third kappa shape index (κ3) is 3.56. The first-order chi connectivity index (χ1) is 13.2. The van der Waals surface area contributed by atoms with Gasteiger partial charge in [0.05, 0.1) is 21.5 Å². The molecule has 0 aliphatic rings. The molecule has 27 heavy (non-hydrogen) atoms. The zero-order chi connectivity index (χ0) is 18.8. The number of aromatic nitrogens is 2. The number of para-hydroxylation sites is 2. The number of anilines is 3. The number of carbonyl (C=O) groups excluding carboxylic acids is 1. The fourth-order valence-electron chi connectivity index (χ4n) is 2.88. The number of benzene rings is 2. The summed E-state index contributed by atoms with van der Waals surface area (Å²) in [6.07, 6.45) is 0.855. The first-order valence-corrected chi connectivity index (χ1v) is 10.2. The summed E-state index contributed by atoms with van der Waals surface area (Å²) in [4.78, 5) is 17.5. The lowest BCUT2D eigenvalue weighted by molar-refractivity contribution is 0.102. The van der Waals surface area contributed by atoms with Crippen molar-refractivity contribution < 1.29 is 4.79 Å². The molecule has 7 heteroatoms. The molecule has 5 nitrogen and oxygen atoms in total. The molecule has 2 aromatic carbocycles. The van der Waals surface area contributed by atoms with Gasteiger partial charge in [-0.1, -0.05) is 48.6 Å². The summed E-state index contributed by atoms with van der Waals surface area (Å²) in [7, 11) is 0. The van der Waals surface area contributed by atoms with E-state index < -0.39 is 0 Å². The summed E-state index contributed by atoms with van der Waals surface area (Å²) in [5.41, 5.74) is 4.14. The highest BCUT2D eigenvalue weighted by Gasteiger charge is 2.20. The first-order valence-electron chi connectivity index (χ1n) is 8.64. The second-order valence-corrected chi connectivity index (χ2v) is 7.85. The molecule has 2 aromatic heterocycles. The summed E-state index contributed by atoms with van der Waals surface area (Å²) in [5.74, 6) is -0.161. The third-order valence-electron chi connectivity index (χ3n) is 4.25. The maximum absolute atomic E-state index is 12.9. The largest absolute Gasteiger partial charge is 0.322 e. The molecule has 2 heterocycles. The molecule has 0 unspecified atom stereocenters. The van der Waals surface area contributed by atoms with Gasteiger partial charge in [0, 0.05) is 5.69 Å². The van der Waals surface area contributed by atoms with Crippen molar-refractivity contribution in [2.45, 2.75) is 20.3 Å². The van der Waals surface area contributed by atoms with Gasteiger partial charge in [-0.15, -0.1) is 0 Å². The van der Waals surface area contributed by atoms with Gasteiger partial charge >= 0.3 is 0 Å². The van der Waals surface area contributed by atoms with E-state index in [9.17, 15) is 4.79 Å². The monoisotopic (exact) mass is 394 g/mol. The molecule has 0 bridgehead atoms. The molecular formula is C20H18N4OS2. The molecule has 4 rings (SSSR count). The van der Waals surface area contributed by atoms with Gasteiger partial charge in [0.25, 0.3) is 5.91 Å². The van der Waals surface area contributed by atoms with Crippen molar-refractivity contribution in [1.82, 2.24) is 9.36 Å². The smallest absolute Gasteiger partial charge is 0.260 e. The Labute approximate surface area is 165 Å². The second kappa shape index (κ2) is 7.46. The average Bonchev–Trinajstić information content (AvgIpc) is 3.25. The van der Waals surface area contributed by atoms with Crippen molar-refractivity contribution >= 4 is 54.8 Å². The van der Waals surface area contributed by atoms with Crippen LogP contribution in [-0.4, -0.2) is 15.3 Å². The Bertz CT molecular complexity index is 1080. The van der Waals surface area contributed by atoms with Gasteiger partial charge in [0.2, 0.25) is 0 Å². The highest BCUT2D eigenvalue weighted by molar-refractivity contribution is 7.22. The van der Waals surface area contributed by atoms with Crippen LogP contribution in [0.25, 0.3) is 10.2 Å². The number of nitrogens with one attached hydrogen (secondary N) is 2. The molecule has 2 N–H and O–H groups in total. The van der Waals surface area contributed by atoms with E-state index >= 15 is 0 Å². The summed E-state index contributed by atoms with van der Waals surface area (Å²) < 4.78 is 5.47. The van der Waals surface area contributed by atoms with Gasteiger partial charge < -0.3 is 10.6 Å². The minimum absolute atomic E-state index is 0.161. The van der Waals surface area contributed by atoms with Crippen LogP contribution in [0.4, 0.5) is 15.8 Å². The van der Waals surface area contributed by atoms with Gasteiger partial charge in [-0.25, -0.2) is 4.98 Å². The molecule has 0 saturated carbocycles. The van der Waals surface area contributed by atoms with Crippen molar-refractivity contribution in [2.75, 3.05) is 10.6 Å². The quantitative estimate of drug-likeness (QED) is 0.461. The highest BCUT2D eigenvalue weighted by atomic mass is 32.1. The van der Waals surface area contributed by atoms with Gasteiger partial charge in [0.15, 0.2) is 5.13 Å². The molecule has 0 aliphatic carbocycles. The van der Waals surface area contributed by atoms with Crippen LogP contribution in [0.15, 0.2) is 48.5 Å². The van der Waals surface area contributed by atoms with E-state index in [0.717, 1.165) is 33.0 Å². The topological polar surface area (TPSA) is 66.9 Å². The van der Waals surface area contributed by atoms with E-state index in [1.807, 2.05) is 55.5 Å². The molecule has 0 aliphatic heterocycles. The number of thiazole rings is 1. The molecule has 0 saturated heterocycles. The van der Waals surface area contributed by atoms with Crippen molar-refractivity contribution in [3.8, 4) is 0 Å². The Balaban J connectivity index is 1.62. The molecule has 0 atom stereocenters. The van der Waals surface area contributed by atoms with E-state index in [0.29, 0.717) is 16.3 Å². The van der Waals surface area contributed by atoms with Gasteiger partial charge in [-0.2, -0.15) is 4.37 Å². The van der Waals surface area contributed by atoms with Gasteiger partial charge in [0.1, 0.15) is 5.00 Å². The fourth-order valence-corrected chi connectivity index (χ4v) is 4.61. The minimum atomic E-state index is -0.161. The number of carbonyl (C=O) groups is 1. The Kier molecular flexibility index (Phi) is 4.87. The van der Waals surface area contributed by atoms with Crippen molar-refractivity contribution in [2.24, 2.45) is 0 Å². The number of aryl methyl sites for hydroxylation is 2. The normalized spacial score (nSPS) is 10.9. The van der Waals surface area contributed by atoms with E-state index in [1.165, 1.54) is 11.5 Å². The van der Waals surface area contributed by atoms with E-state index in [-0.39, 0.29) is 5.91 Å². The van der Waals surface area contributed by atoms with Crippen LogP contribution in [-0.2, 0) is 6.42 Å². The lowest BCUT2D eigenvalue weighted by atomic mass is 10.1. The van der Waals surface area contributed by atoms with Crippen LogP contribution >= 0.6 is 22.9 Å². The zero-order valence-electron chi connectivity index (χ0n) is 14.9. The molecule has 0 fully saturated rings. The SMILES string of the molecule is CCc1ccccc1NC(=O)c1c(C)nsc1Nc1nc2ccccc2s1. The molecule has 4 aromatic rings. The third-order valence-corrected chi connectivity index (χ3v) is 6.06. The van der Waals surface area contributed by atoms with E-state index in [4.69, 9.17) is 0 Å². The van der Waals surface area contributed by atoms with Crippen molar-refractivity contribution in [3.05, 3.63) is 65.4 Å². The van der Waals surface area contributed by atoms with Crippen LogP contribution in [0.3, 0.4) is 0 Å². The zero-order valence-corrected chi connectivity index (χ0v) is 16.6. The maximum atomic E-state index is 12.9. The Hall–Kier alpha value is -2.77. The van der Waals surface area contributed by atoms with E-state index in [1.54, 1.807) is 11.3 Å². The van der Waals surface area contributed by atoms with Crippen molar-refractivity contribution in [1.29, 1.82) is 0 Å². The molecule has 0 radical (unpaired) electrons. The van der Waals surface area contributed by atoms with Crippen LogP contribution in [0.1, 0.15) is 28.5 Å². The van der Waals surface area contributed by atoms with Crippen LogP contribution < -0.4 is 10.6 Å². The molecular weight excluding hydrogens is 376 g/mol. The average molecular weight is 395 g/mol. The highest BCUT2D eigenvalue weighted by Crippen LogP contribution is 2.33. The van der Waals surface area contributed by atoms with Crippen LogP contribution in [0.2, 0.25) is 0 Å². The number of rotatable bonds is 5. The molecule has 136 valence electrons. The maximum Gasteiger partial charge on any atom is 0.260 e. The van der Waals surface area contributed by atoms with Crippen LogP contribution in [0.5, 0.6) is 0 Å². The summed E-state index contributed by atoms with van der Waals surface area (Å²) in [5, 5.41) is 7.77. The second-order valence-electron chi connectivity index (χ2n) is 6.05. The summed E-state index contributed by atoms with van der Waals surface area (Å²) in [6.45, 7) is 3.92. The summed E-state index contributed by atoms with van der Waals surface area (Å²) >= 11 is 2.83. The minimum Gasteiger partial charge on any atom is -0.322 e. The van der Waals surface area contributed by atoms with Gasteiger partial charge in [-0.05, 0) is 48.6 Å². The van der Waals surface area contributed by atoms with Gasteiger partial charge in [-0.3, -0.25) is 4.79 Å². The lowest BCUT2D eigenvalue weighted by Crippen LogP contribution is -2.15. The number of nitrogens with zero attached hydrogens (tertiary/aromatic N) is 2. The number of hydrogen-bond acceptors (Lipinski definition) is 6. The predicted octanol–water partition coefficient (Wildman–Crippen LogP) is 5.62.